The Morgan fingerprint density at radius 2 is 1.91 bits per heavy atom. The molecule has 0 fully saturated rings. The van der Waals surface area contributed by atoms with Crippen LogP contribution >= 0.6 is 0 Å². The van der Waals surface area contributed by atoms with Gasteiger partial charge in [0.15, 0.2) is 0 Å². The number of benzene rings is 1. The molecule has 0 radical (unpaired) electrons. The average molecular weight is 305 g/mol. The van der Waals surface area contributed by atoms with Crippen molar-refractivity contribution in [2.75, 3.05) is 18.1 Å². The quantitative estimate of drug-likeness (QED) is 0.926. The zero-order valence-corrected chi connectivity index (χ0v) is 14.3. The van der Waals surface area contributed by atoms with E-state index in [2.05, 4.69) is 0 Å². The van der Waals surface area contributed by atoms with Crippen LogP contribution in [0.2, 0.25) is 0 Å². The zero-order chi connectivity index (χ0) is 16.5. The van der Waals surface area contributed by atoms with Gasteiger partial charge in [-0.2, -0.15) is 0 Å². The average Bonchev–Trinajstić information content (AvgIpc) is 2.62. The summed E-state index contributed by atoms with van der Waals surface area (Å²) in [6.07, 6.45) is 1.29. The second-order valence-corrected chi connectivity index (χ2v) is 6.64. The van der Waals surface area contributed by atoms with E-state index in [1.54, 1.807) is 4.90 Å². The summed E-state index contributed by atoms with van der Waals surface area (Å²) in [5.41, 5.74) is 0.235. The summed E-state index contributed by atoms with van der Waals surface area (Å²) in [5.74, 6) is 0.751. The van der Waals surface area contributed by atoms with Gasteiger partial charge in [-0.05, 0) is 51.3 Å². The summed E-state index contributed by atoms with van der Waals surface area (Å²) < 4.78 is 5.92. The molecule has 122 valence electrons. The maximum absolute atomic E-state index is 12.7. The number of aliphatic hydroxyl groups is 1. The summed E-state index contributed by atoms with van der Waals surface area (Å²) in [7, 11) is 0. The number of nitrogens with zero attached hydrogens (tertiary/aromatic N) is 1. The lowest BCUT2D eigenvalue weighted by molar-refractivity contribution is -0.127. The molecule has 2 rings (SSSR count). The highest BCUT2D eigenvalue weighted by Crippen LogP contribution is 2.40. The highest BCUT2D eigenvalue weighted by molar-refractivity contribution is 5.99. The second kappa shape index (κ2) is 5.92. The molecule has 1 aliphatic heterocycles. The topological polar surface area (TPSA) is 49.8 Å². The summed E-state index contributed by atoms with van der Waals surface area (Å²) in [5, 5.41) is 10.7. The van der Waals surface area contributed by atoms with E-state index in [-0.39, 0.29) is 5.91 Å². The molecule has 1 aliphatic rings. The largest absolute Gasteiger partial charge is 0.490 e. The van der Waals surface area contributed by atoms with E-state index in [4.69, 9.17) is 4.74 Å². The molecule has 0 unspecified atom stereocenters. The number of hydrogen-bond donors (Lipinski definition) is 1. The number of carbonyl (C=O) groups is 1. The van der Waals surface area contributed by atoms with E-state index in [0.29, 0.717) is 31.7 Å². The van der Waals surface area contributed by atoms with Gasteiger partial charge in [-0.15, -0.1) is 0 Å². The van der Waals surface area contributed by atoms with Crippen molar-refractivity contribution >= 4 is 11.6 Å². The SMILES string of the molecule is CCN1C(=O)C(C)(C)COc2cc(C(O)(CC)CC)ccc21. The summed E-state index contributed by atoms with van der Waals surface area (Å²) in [4.78, 5) is 14.4. The van der Waals surface area contributed by atoms with Crippen molar-refractivity contribution in [2.24, 2.45) is 5.41 Å². The van der Waals surface area contributed by atoms with Crippen LogP contribution in [0.3, 0.4) is 0 Å². The number of fused-ring (bicyclic) bond motifs is 1. The Morgan fingerprint density at radius 1 is 1.27 bits per heavy atom. The van der Waals surface area contributed by atoms with Crippen LogP contribution in [0.25, 0.3) is 0 Å². The van der Waals surface area contributed by atoms with E-state index in [1.807, 2.05) is 52.8 Å². The van der Waals surface area contributed by atoms with Crippen LogP contribution in [0, 0.1) is 5.41 Å². The normalized spacial score (nSPS) is 17.7. The van der Waals surface area contributed by atoms with Gasteiger partial charge in [0.05, 0.1) is 16.7 Å². The molecule has 0 spiro atoms. The van der Waals surface area contributed by atoms with Crippen molar-refractivity contribution in [3.8, 4) is 5.75 Å². The molecule has 1 aromatic rings. The Labute approximate surface area is 133 Å². The Kier molecular flexibility index (Phi) is 4.52. The van der Waals surface area contributed by atoms with E-state index in [1.165, 1.54) is 0 Å². The summed E-state index contributed by atoms with van der Waals surface area (Å²) in [6, 6.07) is 5.69. The Bertz CT molecular complexity index is 561. The molecule has 1 heterocycles. The number of anilines is 1. The van der Waals surface area contributed by atoms with Gasteiger partial charge in [0.25, 0.3) is 0 Å². The molecular formula is C18H27NO3. The number of rotatable bonds is 4. The molecule has 1 amide bonds. The third-order valence-electron chi connectivity index (χ3n) is 4.69. The smallest absolute Gasteiger partial charge is 0.236 e. The van der Waals surface area contributed by atoms with Crippen LogP contribution in [0.4, 0.5) is 5.69 Å². The molecule has 1 N–H and O–H groups in total. The van der Waals surface area contributed by atoms with Crippen molar-refractivity contribution in [2.45, 2.75) is 53.1 Å². The summed E-state index contributed by atoms with van der Waals surface area (Å²) >= 11 is 0. The second-order valence-electron chi connectivity index (χ2n) is 6.64. The van der Waals surface area contributed by atoms with Gasteiger partial charge in [-0.3, -0.25) is 4.79 Å². The molecule has 0 saturated carbocycles. The molecule has 4 nitrogen and oxygen atoms in total. The van der Waals surface area contributed by atoms with Gasteiger partial charge in [0.1, 0.15) is 12.4 Å². The monoisotopic (exact) mass is 305 g/mol. The maximum atomic E-state index is 12.7. The van der Waals surface area contributed by atoms with E-state index < -0.39 is 11.0 Å². The fraction of sp³-hybridized carbons (Fsp3) is 0.611. The Morgan fingerprint density at radius 3 is 2.45 bits per heavy atom. The van der Waals surface area contributed by atoms with Gasteiger partial charge >= 0.3 is 0 Å². The van der Waals surface area contributed by atoms with Gasteiger partial charge in [-0.25, -0.2) is 0 Å². The first-order valence-electron chi connectivity index (χ1n) is 8.10. The van der Waals surface area contributed by atoms with Gasteiger partial charge in [-0.1, -0.05) is 19.9 Å². The lowest BCUT2D eigenvalue weighted by Gasteiger charge is -2.28. The van der Waals surface area contributed by atoms with Gasteiger partial charge in [0.2, 0.25) is 5.91 Å². The van der Waals surface area contributed by atoms with E-state index >= 15 is 0 Å². The standard InChI is InChI=1S/C18H27NO3/c1-6-18(21,7-2)13-9-10-14-15(11-13)22-12-17(4,5)16(20)19(14)8-3/h9-11,21H,6-8,12H2,1-5H3. The predicted octanol–water partition coefficient (Wildman–Crippen LogP) is 3.47. The molecule has 4 heteroatoms. The zero-order valence-electron chi connectivity index (χ0n) is 14.3. The minimum atomic E-state index is -0.846. The highest BCUT2D eigenvalue weighted by Gasteiger charge is 2.37. The molecule has 0 aromatic heterocycles. The first kappa shape index (κ1) is 16.8. The van der Waals surface area contributed by atoms with Gasteiger partial charge in [0, 0.05) is 6.54 Å². The van der Waals surface area contributed by atoms with Crippen LogP contribution in [0.5, 0.6) is 5.75 Å². The lowest BCUT2D eigenvalue weighted by Crippen LogP contribution is -2.42. The minimum absolute atomic E-state index is 0.0720. The molecule has 22 heavy (non-hydrogen) atoms. The fourth-order valence-corrected chi connectivity index (χ4v) is 2.91. The van der Waals surface area contributed by atoms with Crippen LogP contribution in [-0.2, 0) is 10.4 Å². The first-order valence-corrected chi connectivity index (χ1v) is 8.10. The van der Waals surface area contributed by atoms with Crippen molar-refractivity contribution in [1.29, 1.82) is 0 Å². The molecule has 0 atom stereocenters. The number of hydrogen-bond acceptors (Lipinski definition) is 3. The van der Waals surface area contributed by atoms with Crippen LogP contribution < -0.4 is 9.64 Å². The number of amides is 1. The maximum Gasteiger partial charge on any atom is 0.236 e. The predicted molar refractivity (Wildman–Crippen MR) is 88.2 cm³/mol. The van der Waals surface area contributed by atoms with Crippen molar-refractivity contribution in [1.82, 2.24) is 0 Å². The summed E-state index contributed by atoms with van der Waals surface area (Å²) in [6.45, 7) is 10.7. The lowest BCUT2D eigenvalue weighted by atomic mass is 9.88. The van der Waals surface area contributed by atoms with E-state index in [0.717, 1.165) is 11.3 Å². The van der Waals surface area contributed by atoms with Crippen molar-refractivity contribution in [3.63, 3.8) is 0 Å². The van der Waals surface area contributed by atoms with E-state index in [9.17, 15) is 9.90 Å². The van der Waals surface area contributed by atoms with Crippen molar-refractivity contribution in [3.05, 3.63) is 23.8 Å². The molecule has 1 aromatic carbocycles. The Balaban J connectivity index is 2.51. The minimum Gasteiger partial charge on any atom is -0.490 e. The third kappa shape index (κ3) is 2.72. The molecule has 0 saturated heterocycles. The number of ether oxygens (including phenoxy) is 1. The molecular weight excluding hydrogens is 278 g/mol. The number of carbonyl (C=O) groups excluding carboxylic acids is 1. The Hall–Kier alpha value is -1.55. The van der Waals surface area contributed by atoms with Crippen LogP contribution in [0.1, 0.15) is 53.0 Å². The highest BCUT2D eigenvalue weighted by atomic mass is 16.5. The first-order chi connectivity index (χ1) is 10.3. The van der Waals surface area contributed by atoms with Crippen molar-refractivity contribution < 1.29 is 14.6 Å². The fourth-order valence-electron chi connectivity index (χ4n) is 2.91. The molecule has 0 bridgehead atoms. The van der Waals surface area contributed by atoms with Crippen LogP contribution in [-0.4, -0.2) is 24.2 Å². The third-order valence-corrected chi connectivity index (χ3v) is 4.69. The van der Waals surface area contributed by atoms with Crippen LogP contribution in [0.15, 0.2) is 18.2 Å². The molecule has 0 aliphatic carbocycles. The van der Waals surface area contributed by atoms with Gasteiger partial charge < -0.3 is 14.7 Å².